The molecule has 2 atom stereocenters. The van der Waals surface area contributed by atoms with E-state index in [1.807, 2.05) is 25.5 Å². The third kappa shape index (κ3) is 2.50. The zero-order valence-electron chi connectivity index (χ0n) is 11.7. The van der Waals surface area contributed by atoms with E-state index in [9.17, 15) is 4.79 Å². The highest BCUT2D eigenvalue weighted by Gasteiger charge is 2.43. The predicted molar refractivity (Wildman–Crippen MR) is 78.2 cm³/mol. The molecular weight excluding hydrogens is 375 g/mol. The molecule has 8 heteroatoms. The molecule has 0 aromatic carbocycles. The van der Waals surface area contributed by atoms with Crippen molar-refractivity contribution in [1.29, 1.82) is 0 Å². The van der Waals surface area contributed by atoms with Crippen LogP contribution >= 0.6 is 22.6 Å². The van der Waals surface area contributed by atoms with Crippen molar-refractivity contribution in [3.8, 4) is 0 Å². The Morgan fingerprint density at radius 2 is 2.20 bits per heavy atom. The molecule has 0 saturated carbocycles. The second-order valence-corrected chi connectivity index (χ2v) is 7.10. The topological polar surface area (TPSA) is 69.5 Å². The van der Waals surface area contributed by atoms with Gasteiger partial charge < -0.3 is 14.4 Å². The number of carbonyl (C=O) groups is 1. The number of fused-ring (bicyclic) bond motifs is 3. The number of carbonyl (C=O) groups excluding carboxylic acids is 1. The van der Waals surface area contributed by atoms with Crippen LogP contribution in [0.3, 0.4) is 0 Å². The molecule has 3 rings (SSSR count). The Morgan fingerprint density at radius 3 is 2.90 bits per heavy atom. The molecule has 1 saturated heterocycles. The Labute approximate surface area is 130 Å². The molecule has 2 aliphatic rings. The van der Waals surface area contributed by atoms with E-state index in [0.717, 1.165) is 9.39 Å². The summed E-state index contributed by atoms with van der Waals surface area (Å²) in [7, 11) is 0. The molecule has 0 bridgehead atoms. The summed E-state index contributed by atoms with van der Waals surface area (Å²) in [5, 5.41) is 8.24. The zero-order chi connectivity index (χ0) is 14.5. The number of nitrogens with zero attached hydrogens (tertiary/aromatic N) is 4. The number of amides is 1. The molecule has 1 aromatic heterocycles. The summed E-state index contributed by atoms with van der Waals surface area (Å²) < 4.78 is 14.0. The summed E-state index contributed by atoms with van der Waals surface area (Å²) >= 11 is 2.15. The highest BCUT2D eigenvalue weighted by molar-refractivity contribution is 14.1. The van der Waals surface area contributed by atoms with E-state index in [-0.39, 0.29) is 18.2 Å². The van der Waals surface area contributed by atoms with Gasteiger partial charge >= 0.3 is 6.09 Å². The largest absolute Gasteiger partial charge is 0.444 e. The van der Waals surface area contributed by atoms with Gasteiger partial charge in [-0.05, 0) is 43.4 Å². The van der Waals surface area contributed by atoms with Crippen LogP contribution in [0.25, 0.3) is 0 Å². The summed E-state index contributed by atoms with van der Waals surface area (Å²) in [6.45, 7) is 7.17. The molecule has 0 aliphatic carbocycles. The van der Waals surface area contributed by atoms with Crippen molar-refractivity contribution in [2.75, 3.05) is 13.1 Å². The quantitative estimate of drug-likeness (QED) is 0.627. The number of hydrogen-bond acceptors (Lipinski definition) is 5. The first kappa shape index (κ1) is 14.1. The van der Waals surface area contributed by atoms with Gasteiger partial charge in [0.2, 0.25) is 0 Å². The van der Waals surface area contributed by atoms with Crippen LogP contribution in [0.4, 0.5) is 4.79 Å². The van der Waals surface area contributed by atoms with Gasteiger partial charge in [0.05, 0.1) is 31.0 Å². The van der Waals surface area contributed by atoms with Crippen LogP contribution in [0.2, 0.25) is 0 Å². The van der Waals surface area contributed by atoms with Crippen LogP contribution in [0.5, 0.6) is 0 Å². The predicted octanol–water partition coefficient (Wildman–Crippen LogP) is 1.57. The van der Waals surface area contributed by atoms with Gasteiger partial charge in [-0.1, -0.05) is 5.21 Å². The van der Waals surface area contributed by atoms with Crippen molar-refractivity contribution in [3.63, 3.8) is 0 Å². The normalized spacial score (nSPS) is 25.3. The van der Waals surface area contributed by atoms with E-state index < -0.39 is 5.60 Å². The van der Waals surface area contributed by atoms with Gasteiger partial charge in [-0.15, -0.1) is 5.10 Å². The molecule has 110 valence electrons. The molecule has 1 amide bonds. The Hall–Kier alpha value is -0.900. The van der Waals surface area contributed by atoms with Crippen molar-refractivity contribution in [2.24, 2.45) is 0 Å². The zero-order valence-corrected chi connectivity index (χ0v) is 13.8. The van der Waals surface area contributed by atoms with Crippen LogP contribution < -0.4 is 0 Å². The number of hydrogen-bond donors (Lipinski definition) is 0. The third-order valence-electron chi connectivity index (χ3n) is 3.38. The van der Waals surface area contributed by atoms with E-state index in [1.165, 1.54) is 0 Å². The lowest BCUT2D eigenvalue weighted by Crippen LogP contribution is -2.36. The van der Waals surface area contributed by atoms with Crippen LogP contribution in [-0.4, -0.2) is 50.8 Å². The van der Waals surface area contributed by atoms with Gasteiger partial charge in [-0.25, -0.2) is 9.48 Å². The Morgan fingerprint density at radius 1 is 1.45 bits per heavy atom. The lowest BCUT2D eigenvalue weighted by atomic mass is 10.2. The minimum Gasteiger partial charge on any atom is -0.444 e. The fourth-order valence-corrected chi connectivity index (χ4v) is 3.00. The monoisotopic (exact) mass is 392 g/mol. The minimum atomic E-state index is -0.487. The van der Waals surface area contributed by atoms with Crippen molar-refractivity contribution in [3.05, 3.63) is 9.39 Å². The van der Waals surface area contributed by atoms with Gasteiger partial charge in [0.15, 0.2) is 0 Å². The fourth-order valence-electron chi connectivity index (χ4n) is 2.50. The number of rotatable bonds is 0. The molecule has 7 nitrogen and oxygen atoms in total. The van der Waals surface area contributed by atoms with Crippen LogP contribution in [0.1, 0.15) is 32.5 Å². The highest BCUT2D eigenvalue weighted by Crippen LogP contribution is 2.32. The van der Waals surface area contributed by atoms with Crippen LogP contribution in [-0.2, 0) is 16.1 Å². The van der Waals surface area contributed by atoms with Gasteiger partial charge in [-0.3, -0.25) is 0 Å². The van der Waals surface area contributed by atoms with Gasteiger partial charge in [-0.2, -0.15) is 0 Å². The van der Waals surface area contributed by atoms with Crippen LogP contribution in [0, 0.1) is 3.70 Å². The van der Waals surface area contributed by atoms with Crippen LogP contribution in [0.15, 0.2) is 0 Å². The first-order valence-electron chi connectivity index (χ1n) is 6.54. The molecule has 0 radical (unpaired) electrons. The minimum absolute atomic E-state index is 0.0299. The first-order valence-corrected chi connectivity index (χ1v) is 7.62. The smallest absolute Gasteiger partial charge is 0.410 e. The van der Waals surface area contributed by atoms with Crippen molar-refractivity contribution >= 4 is 28.7 Å². The Balaban J connectivity index is 1.75. The summed E-state index contributed by atoms with van der Waals surface area (Å²) in [6, 6.07) is 0.0299. The van der Waals surface area contributed by atoms with Crippen molar-refractivity contribution in [1.82, 2.24) is 19.9 Å². The SMILES string of the molecule is CC(C)(C)OC(=O)N1C[C@@H]2OCc3c(I)nnn3[C@H]2C1. The highest BCUT2D eigenvalue weighted by atomic mass is 127. The van der Waals surface area contributed by atoms with E-state index >= 15 is 0 Å². The number of ether oxygens (including phenoxy) is 2. The van der Waals surface area contributed by atoms with Gasteiger partial charge in [0, 0.05) is 6.54 Å². The van der Waals surface area contributed by atoms with E-state index in [4.69, 9.17) is 9.47 Å². The molecule has 0 spiro atoms. The number of halogens is 1. The van der Waals surface area contributed by atoms with E-state index in [0.29, 0.717) is 19.7 Å². The fraction of sp³-hybridized carbons (Fsp3) is 0.750. The summed E-state index contributed by atoms with van der Waals surface area (Å²) in [6.07, 6.45) is -0.334. The first-order chi connectivity index (χ1) is 9.35. The maximum atomic E-state index is 12.1. The average molecular weight is 392 g/mol. The Bertz CT molecular complexity index is 539. The van der Waals surface area contributed by atoms with E-state index in [2.05, 4.69) is 32.9 Å². The molecule has 1 aromatic rings. The third-order valence-corrected chi connectivity index (χ3v) is 4.22. The second-order valence-electron chi connectivity index (χ2n) is 6.07. The maximum Gasteiger partial charge on any atom is 0.410 e. The standard InChI is InChI=1S/C12H17IN4O3/c1-12(2,3)20-11(18)16-4-7-9(5-16)19-6-8-10(13)14-15-17(7)8/h7,9H,4-6H2,1-3H3/t7-,9-/m0/s1. The molecule has 20 heavy (non-hydrogen) atoms. The molecule has 3 heterocycles. The molecule has 0 unspecified atom stereocenters. The molecule has 0 N–H and O–H groups in total. The van der Waals surface area contributed by atoms with Gasteiger partial charge in [0.1, 0.15) is 9.30 Å². The average Bonchev–Trinajstić information content (AvgIpc) is 2.90. The van der Waals surface area contributed by atoms with E-state index in [1.54, 1.807) is 4.90 Å². The Kier molecular flexibility index (Phi) is 3.39. The second kappa shape index (κ2) is 4.83. The molecular formula is C12H17IN4O3. The van der Waals surface area contributed by atoms with Crippen molar-refractivity contribution in [2.45, 2.75) is 45.1 Å². The number of likely N-dealkylation sites (tertiary alicyclic amines) is 1. The molecule has 2 aliphatic heterocycles. The molecule has 1 fully saturated rings. The maximum absolute atomic E-state index is 12.1. The lowest BCUT2D eigenvalue weighted by Gasteiger charge is -2.25. The van der Waals surface area contributed by atoms with Crippen molar-refractivity contribution < 1.29 is 14.3 Å². The lowest BCUT2D eigenvalue weighted by molar-refractivity contribution is -0.00777. The summed E-state index contributed by atoms with van der Waals surface area (Å²) in [4.78, 5) is 13.8. The number of aromatic nitrogens is 3. The summed E-state index contributed by atoms with van der Waals surface area (Å²) in [5.74, 6) is 0. The van der Waals surface area contributed by atoms with Gasteiger partial charge in [0.25, 0.3) is 0 Å². The summed E-state index contributed by atoms with van der Waals surface area (Å²) in [5.41, 5.74) is 0.498.